The number of hydrogen-bond acceptors (Lipinski definition) is 5. The molecule has 1 heterocycles. The summed E-state index contributed by atoms with van der Waals surface area (Å²) in [5.74, 6) is 0.0375. The molecule has 0 aromatic heterocycles. The predicted molar refractivity (Wildman–Crippen MR) is 80.6 cm³/mol. The van der Waals surface area contributed by atoms with Gasteiger partial charge in [0.15, 0.2) is 0 Å². The maximum absolute atomic E-state index is 12.6. The van der Waals surface area contributed by atoms with E-state index in [0.29, 0.717) is 32.1 Å². The van der Waals surface area contributed by atoms with E-state index in [1.54, 1.807) is 14.1 Å². The minimum atomic E-state index is -3.64. The highest BCUT2D eigenvalue weighted by atomic mass is 32.2. The molecule has 1 aliphatic rings. The molecule has 8 heteroatoms. The second-order valence-electron chi connectivity index (χ2n) is 5.08. The number of carbonyl (C=O) groups is 1. The molecule has 122 valence electrons. The van der Waals surface area contributed by atoms with Crippen LogP contribution in [0.3, 0.4) is 0 Å². The zero-order chi connectivity index (χ0) is 16.3. The molecule has 0 aliphatic carbocycles. The fraction of sp³-hybridized carbons (Fsp3) is 0.500. The number of methoxy groups -OCH3 is 1. The van der Waals surface area contributed by atoms with Gasteiger partial charge in [-0.15, -0.1) is 0 Å². The van der Waals surface area contributed by atoms with Gasteiger partial charge in [0.1, 0.15) is 5.75 Å². The summed E-state index contributed by atoms with van der Waals surface area (Å²) in [6, 6.07) is 4.33. The summed E-state index contributed by atoms with van der Waals surface area (Å²) in [6.45, 7) is 1.37. The molecular weight excluding hydrogens is 308 g/mol. The number of benzene rings is 1. The number of hydrogen-bond donors (Lipinski definition) is 0. The second kappa shape index (κ2) is 6.64. The van der Waals surface area contributed by atoms with Crippen LogP contribution in [0.2, 0.25) is 0 Å². The molecule has 1 aromatic rings. The summed E-state index contributed by atoms with van der Waals surface area (Å²) in [7, 11) is 1.00. The van der Waals surface area contributed by atoms with Crippen molar-refractivity contribution in [1.29, 1.82) is 0 Å². The van der Waals surface area contributed by atoms with Crippen molar-refractivity contribution in [2.24, 2.45) is 0 Å². The second-order valence-corrected chi connectivity index (χ2v) is 7.02. The van der Waals surface area contributed by atoms with Crippen LogP contribution in [0.15, 0.2) is 23.1 Å². The lowest BCUT2D eigenvalue weighted by atomic mass is 10.2. The van der Waals surface area contributed by atoms with Crippen molar-refractivity contribution in [2.45, 2.75) is 4.90 Å². The van der Waals surface area contributed by atoms with Crippen molar-refractivity contribution < 1.29 is 22.7 Å². The molecule has 7 nitrogen and oxygen atoms in total. The van der Waals surface area contributed by atoms with Gasteiger partial charge in [0.05, 0.1) is 30.8 Å². The maximum atomic E-state index is 12.6. The van der Waals surface area contributed by atoms with Gasteiger partial charge in [-0.3, -0.25) is 4.79 Å². The standard InChI is InChI=1S/C14H20N2O5S/c1-15(2)14(17)12-10-11(4-5-13(12)20-3)22(18,19)16-6-8-21-9-7-16/h4-5,10H,6-9H2,1-3H3. The third-order valence-corrected chi connectivity index (χ3v) is 5.31. The van der Waals surface area contributed by atoms with Gasteiger partial charge in [0, 0.05) is 27.2 Å². The molecule has 0 unspecified atom stereocenters. The van der Waals surface area contributed by atoms with Crippen LogP contribution in [0.25, 0.3) is 0 Å². The van der Waals surface area contributed by atoms with E-state index < -0.39 is 10.0 Å². The zero-order valence-electron chi connectivity index (χ0n) is 12.9. The first-order valence-corrected chi connectivity index (χ1v) is 8.29. The van der Waals surface area contributed by atoms with Crippen LogP contribution in [0.5, 0.6) is 5.75 Å². The number of amides is 1. The molecule has 0 spiro atoms. The topological polar surface area (TPSA) is 76.1 Å². The fourth-order valence-electron chi connectivity index (χ4n) is 2.19. The van der Waals surface area contributed by atoms with Gasteiger partial charge in [-0.05, 0) is 18.2 Å². The highest BCUT2D eigenvalue weighted by Crippen LogP contribution is 2.25. The minimum Gasteiger partial charge on any atom is -0.496 e. The van der Waals surface area contributed by atoms with E-state index in [1.807, 2.05) is 0 Å². The van der Waals surface area contributed by atoms with Crippen LogP contribution < -0.4 is 4.74 Å². The summed E-state index contributed by atoms with van der Waals surface area (Å²) in [6.07, 6.45) is 0. The minimum absolute atomic E-state index is 0.0837. The SMILES string of the molecule is COc1ccc(S(=O)(=O)N2CCOCC2)cc1C(=O)N(C)C. The molecule has 22 heavy (non-hydrogen) atoms. The van der Waals surface area contributed by atoms with Crippen LogP contribution in [0.1, 0.15) is 10.4 Å². The molecule has 0 radical (unpaired) electrons. The quantitative estimate of drug-likeness (QED) is 0.800. The molecule has 2 rings (SSSR count). The zero-order valence-corrected chi connectivity index (χ0v) is 13.7. The van der Waals surface area contributed by atoms with Gasteiger partial charge in [-0.2, -0.15) is 4.31 Å². The Labute approximate surface area is 130 Å². The van der Waals surface area contributed by atoms with E-state index in [-0.39, 0.29) is 16.4 Å². The highest BCUT2D eigenvalue weighted by molar-refractivity contribution is 7.89. The Kier molecular flexibility index (Phi) is 5.05. The van der Waals surface area contributed by atoms with E-state index >= 15 is 0 Å². The molecule has 1 aromatic carbocycles. The first-order chi connectivity index (χ1) is 10.4. The van der Waals surface area contributed by atoms with Gasteiger partial charge >= 0.3 is 0 Å². The van der Waals surface area contributed by atoms with Crippen LogP contribution in [-0.4, -0.2) is 71.0 Å². The molecule has 1 aliphatic heterocycles. The molecule has 1 fully saturated rings. The number of rotatable bonds is 4. The van der Waals surface area contributed by atoms with E-state index in [1.165, 1.54) is 34.5 Å². The van der Waals surface area contributed by atoms with Crippen LogP contribution in [-0.2, 0) is 14.8 Å². The Morgan fingerprint density at radius 2 is 1.91 bits per heavy atom. The Morgan fingerprint density at radius 3 is 2.45 bits per heavy atom. The molecule has 1 amide bonds. The van der Waals surface area contributed by atoms with E-state index in [9.17, 15) is 13.2 Å². The first-order valence-electron chi connectivity index (χ1n) is 6.85. The van der Waals surface area contributed by atoms with Crippen molar-refractivity contribution in [2.75, 3.05) is 47.5 Å². The van der Waals surface area contributed by atoms with Crippen molar-refractivity contribution in [1.82, 2.24) is 9.21 Å². The number of sulfonamides is 1. The van der Waals surface area contributed by atoms with Crippen LogP contribution >= 0.6 is 0 Å². The number of ether oxygens (including phenoxy) is 2. The Balaban J connectivity index is 2.43. The van der Waals surface area contributed by atoms with E-state index in [4.69, 9.17) is 9.47 Å². The van der Waals surface area contributed by atoms with Gasteiger partial charge in [0.2, 0.25) is 10.0 Å². The summed E-state index contributed by atoms with van der Waals surface area (Å²) < 4.78 is 37.0. The van der Waals surface area contributed by atoms with Crippen molar-refractivity contribution in [3.63, 3.8) is 0 Å². The van der Waals surface area contributed by atoms with E-state index in [2.05, 4.69) is 0 Å². The average Bonchev–Trinajstić information content (AvgIpc) is 2.54. The summed E-state index contributed by atoms with van der Waals surface area (Å²) in [4.78, 5) is 13.7. The summed E-state index contributed by atoms with van der Waals surface area (Å²) in [5.41, 5.74) is 0.224. The van der Waals surface area contributed by atoms with Gasteiger partial charge in [-0.1, -0.05) is 0 Å². The molecular formula is C14H20N2O5S. The first kappa shape index (κ1) is 16.7. The van der Waals surface area contributed by atoms with Gasteiger partial charge in [-0.25, -0.2) is 8.42 Å². The van der Waals surface area contributed by atoms with Gasteiger partial charge < -0.3 is 14.4 Å². The lowest BCUT2D eigenvalue weighted by molar-refractivity contribution is 0.0730. The number of morpholine rings is 1. The smallest absolute Gasteiger partial charge is 0.257 e. The van der Waals surface area contributed by atoms with Crippen molar-refractivity contribution >= 4 is 15.9 Å². The summed E-state index contributed by atoms with van der Waals surface area (Å²) >= 11 is 0. The Morgan fingerprint density at radius 1 is 1.27 bits per heavy atom. The third kappa shape index (κ3) is 3.23. The van der Waals surface area contributed by atoms with Crippen LogP contribution in [0.4, 0.5) is 0 Å². The normalized spacial score (nSPS) is 16.3. The third-order valence-electron chi connectivity index (χ3n) is 3.42. The molecule has 0 atom stereocenters. The largest absolute Gasteiger partial charge is 0.496 e. The fourth-order valence-corrected chi connectivity index (χ4v) is 3.63. The maximum Gasteiger partial charge on any atom is 0.257 e. The summed E-state index contributed by atoms with van der Waals surface area (Å²) in [5, 5.41) is 0. The average molecular weight is 328 g/mol. The van der Waals surface area contributed by atoms with E-state index in [0.717, 1.165) is 0 Å². The number of nitrogens with zero attached hydrogens (tertiary/aromatic N) is 2. The Bertz CT molecular complexity index is 651. The van der Waals surface area contributed by atoms with Crippen molar-refractivity contribution in [3.8, 4) is 5.75 Å². The van der Waals surface area contributed by atoms with Crippen molar-refractivity contribution in [3.05, 3.63) is 23.8 Å². The predicted octanol–water partition coefficient (Wildman–Crippen LogP) is 0.418. The van der Waals surface area contributed by atoms with Crippen LogP contribution in [0, 0.1) is 0 Å². The highest BCUT2D eigenvalue weighted by Gasteiger charge is 2.28. The molecule has 0 saturated carbocycles. The lowest BCUT2D eigenvalue weighted by Crippen LogP contribution is -2.40. The Hall–Kier alpha value is -1.64. The lowest BCUT2D eigenvalue weighted by Gasteiger charge is -2.26. The monoisotopic (exact) mass is 328 g/mol. The molecule has 0 N–H and O–H groups in total. The number of carbonyl (C=O) groups excluding carboxylic acids is 1. The van der Waals surface area contributed by atoms with Gasteiger partial charge in [0.25, 0.3) is 5.91 Å². The molecule has 0 bridgehead atoms. The molecule has 1 saturated heterocycles.